The van der Waals surface area contributed by atoms with Crippen LogP contribution >= 0.6 is 23.1 Å². The number of carbonyl (C=O) groups excluding carboxylic acids is 1. The zero-order valence-corrected chi connectivity index (χ0v) is 19.0. The van der Waals surface area contributed by atoms with Crippen LogP contribution in [0.4, 0.5) is 11.4 Å². The third-order valence-corrected chi connectivity index (χ3v) is 7.11. The Bertz CT molecular complexity index is 1140. The van der Waals surface area contributed by atoms with Gasteiger partial charge in [-0.3, -0.25) is 9.69 Å². The number of nitrogens with zero attached hydrogens (tertiary/aromatic N) is 2. The topological polar surface area (TPSA) is 32.7 Å². The van der Waals surface area contributed by atoms with Crippen molar-refractivity contribution in [2.24, 2.45) is 4.99 Å². The molecule has 0 saturated carbocycles. The summed E-state index contributed by atoms with van der Waals surface area (Å²) in [5, 5.41) is 2.77. The summed E-state index contributed by atoms with van der Waals surface area (Å²) in [5.74, 6) is -0.0126. The number of aryl methyl sites for hydroxylation is 3. The van der Waals surface area contributed by atoms with Gasteiger partial charge in [0.15, 0.2) is 5.17 Å². The number of carbonyl (C=O) groups is 1. The fourth-order valence-electron chi connectivity index (χ4n) is 3.46. The minimum atomic E-state index is -0.0126. The van der Waals surface area contributed by atoms with Gasteiger partial charge >= 0.3 is 0 Å². The van der Waals surface area contributed by atoms with Crippen LogP contribution in [0.2, 0.25) is 0 Å². The fraction of sp³-hybridized carbons (Fsp3) is 0.200. The molecule has 4 rings (SSSR count). The van der Waals surface area contributed by atoms with Crippen LogP contribution in [0.3, 0.4) is 0 Å². The van der Waals surface area contributed by atoms with Gasteiger partial charge in [0.1, 0.15) is 0 Å². The van der Waals surface area contributed by atoms with Crippen molar-refractivity contribution < 1.29 is 4.79 Å². The molecule has 1 saturated heterocycles. The van der Waals surface area contributed by atoms with E-state index in [2.05, 4.69) is 44.4 Å². The van der Waals surface area contributed by atoms with E-state index in [4.69, 9.17) is 4.99 Å². The average molecular weight is 433 g/mol. The van der Waals surface area contributed by atoms with Gasteiger partial charge in [-0.2, -0.15) is 0 Å². The van der Waals surface area contributed by atoms with E-state index in [-0.39, 0.29) is 5.91 Å². The number of benzene rings is 2. The molecule has 0 aliphatic carbocycles. The lowest BCUT2D eigenvalue weighted by Crippen LogP contribution is -2.29. The number of thiophene rings is 1. The first kappa shape index (κ1) is 20.6. The van der Waals surface area contributed by atoms with E-state index in [1.54, 1.807) is 16.2 Å². The van der Waals surface area contributed by atoms with Gasteiger partial charge in [-0.05, 0) is 77.9 Å². The molecule has 1 amide bonds. The minimum absolute atomic E-state index is 0.0126. The molecule has 0 bridgehead atoms. The second-order valence-corrected chi connectivity index (χ2v) is 9.03. The average Bonchev–Trinajstić information content (AvgIpc) is 3.31. The Morgan fingerprint density at radius 2 is 1.67 bits per heavy atom. The molecule has 0 N–H and O–H groups in total. The second kappa shape index (κ2) is 9.02. The molecule has 2 heterocycles. The molecule has 1 fully saturated rings. The zero-order chi connectivity index (χ0) is 21.1. The van der Waals surface area contributed by atoms with Gasteiger partial charge in [-0.25, -0.2) is 4.99 Å². The largest absolute Gasteiger partial charge is 0.271 e. The first-order valence-electron chi connectivity index (χ1n) is 10.1. The van der Waals surface area contributed by atoms with E-state index in [1.807, 2.05) is 42.5 Å². The zero-order valence-electron chi connectivity index (χ0n) is 17.4. The summed E-state index contributed by atoms with van der Waals surface area (Å²) in [7, 11) is 0. The van der Waals surface area contributed by atoms with Gasteiger partial charge in [0.05, 0.1) is 16.3 Å². The maximum Gasteiger partial charge on any atom is 0.271 e. The molecule has 3 nitrogen and oxygen atoms in total. The maximum absolute atomic E-state index is 13.5. The van der Waals surface area contributed by atoms with Crippen LogP contribution in [0.25, 0.3) is 6.08 Å². The lowest BCUT2D eigenvalue weighted by atomic mass is 10.1. The van der Waals surface area contributed by atoms with Crippen LogP contribution in [-0.4, -0.2) is 11.1 Å². The summed E-state index contributed by atoms with van der Waals surface area (Å²) in [6.07, 6.45) is 3.75. The molecule has 30 heavy (non-hydrogen) atoms. The van der Waals surface area contributed by atoms with Gasteiger partial charge in [0, 0.05) is 4.88 Å². The molecule has 1 aliphatic rings. The van der Waals surface area contributed by atoms with Crippen molar-refractivity contribution in [3.05, 3.63) is 86.5 Å². The van der Waals surface area contributed by atoms with Gasteiger partial charge < -0.3 is 0 Å². The number of para-hydroxylation sites is 2. The predicted molar refractivity (Wildman–Crippen MR) is 131 cm³/mol. The van der Waals surface area contributed by atoms with Crippen molar-refractivity contribution in [1.82, 2.24) is 0 Å². The Balaban J connectivity index is 1.85. The van der Waals surface area contributed by atoms with Crippen LogP contribution in [0, 0.1) is 6.92 Å². The molecule has 2 aromatic carbocycles. The maximum atomic E-state index is 13.5. The van der Waals surface area contributed by atoms with Crippen molar-refractivity contribution in [3.8, 4) is 0 Å². The summed E-state index contributed by atoms with van der Waals surface area (Å²) in [4.78, 5) is 22.1. The van der Waals surface area contributed by atoms with Crippen LogP contribution < -0.4 is 4.90 Å². The summed E-state index contributed by atoms with van der Waals surface area (Å²) < 4.78 is 0. The number of aliphatic imine (C=N–C) groups is 1. The summed E-state index contributed by atoms with van der Waals surface area (Å²) in [5.41, 5.74) is 5.33. The summed E-state index contributed by atoms with van der Waals surface area (Å²) in [6.45, 7) is 6.31. The molecular weight excluding hydrogens is 408 g/mol. The molecule has 0 spiro atoms. The number of amides is 1. The Labute approximate surface area is 186 Å². The van der Waals surface area contributed by atoms with Crippen LogP contribution in [0.1, 0.15) is 35.4 Å². The number of anilines is 1. The third-order valence-electron chi connectivity index (χ3n) is 5.17. The first-order valence-corrected chi connectivity index (χ1v) is 11.8. The van der Waals surface area contributed by atoms with E-state index >= 15 is 0 Å². The second-order valence-electron chi connectivity index (χ2n) is 7.08. The fourth-order valence-corrected chi connectivity index (χ4v) is 5.36. The quantitative estimate of drug-likeness (QED) is 0.407. The molecule has 3 aromatic rings. The number of hydrogen-bond donors (Lipinski definition) is 0. The molecular formula is C25H24N2OS2. The van der Waals surface area contributed by atoms with Crippen molar-refractivity contribution in [2.75, 3.05) is 4.90 Å². The highest BCUT2D eigenvalue weighted by molar-refractivity contribution is 8.19. The summed E-state index contributed by atoms with van der Waals surface area (Å²) in [6, 6.07) is 18.3. The highest BCUT2D eigenvalue weighted by Crippen LogP contribution is 2.39. The van der Waals surface area contributed by atoms with E-state index < -0.39 is 0 Å². The van der Waals surface area contributed by atoms with E-state index in [0.717, 1.165) is 34.7 Å². The lowest BCUT2D eigenvalue weighted by Gasteiger charge is -2.19. The Morgan fingerprint density at radius 1 is 0.967 bits per heavy atom. The molecule has 0 unspecified atom stereocenters. The van der Waals surface area contributed by atoms with Gasteiger partial charge in [-0.1, -0.05) is 50.2 Å². The highest BCUT2D eigenvalue weighted by atomic mass is 32.2. The molecule has 0 radical (unpaired) electrons. The number of thioether (sulfide) groups is 1. The normalized spacial score (nSPS) is 16.8. The molecule has 1 aromatic heterocycles. The molecule has 5 heteroatoms. The van der Waals surface area contributed by atoms with Gasteiger partial charge in [0.25, 0.3) is 5.91 Å². The van der Waals surface area contributed by atoms with Crippen molar-refractivity contribution in [3.63, 3.8) is 0 Å². The van der Waals surface area contributed by atoms with Crippen LogP contribution in [0.15, 0.2) is 69.9 Å². The third kappa shape index (κ3) is 4.00. The van der Waals surface area contributed by atoms with Crippen molar-refractivity contribution in [1.29, 1.82) is 0 Å². The molecule has 152 valence electrons. The van der Waals surface area contributed by atoms with Gasteiger partial charge in [-0.15, -0.1) is 11.3 Å². The van der Waals surface area contributed by atoms with E-state index in [9.17, 15) is 4.79 Å². The molecule has 0 atom stereocenters. The minimum Gasteiger partial charge on any atom is -0.268 e. The first-order chi connectivity index (χ1) is 14.6. The Kier molecular flexibility index (Phi) is 6.21. The van der Waals surface area contributed by atoms with Crippen molar-refractivity contribution >= 4 is 51.6 Å². The monoisotopic (exact) mass is 432 g/mol. The number of amidine groups is 1. The smallest absolute Gasteiger partial charge is 0.268 e. The lowest BCUT2D eigenvalue weighted by molar-refractivity contribution is -0.113. The number of rotatable bonds is 5. The highest BCUT2D eigenvalue weighted by Gasteiger charge is 2.36. The Hall–Kier alpha value is -2.63. The van der Waals surface area contributed by atoms with Crippen LogP contribution in [0.5, 0.6) is 0 Å². The summed E-state index contributed by atoms with van der Waals surface area (Å²) >= 11 is 3.11. The van der Waals surface area contributed by atoms with E-state index in [0.29, 0.717) is 10.1 Å². The van der Waals surface area contributed by atoms with E-state index in [1.165, 1.54) is 22.9 Å². The standard InChI is InChI=1S/C25H24N2OS2/c1-4-18-10-6-8-12-20(18)26-25-27(21-13-9-7-11-19(21)5-2)24(28)23(30-25)16-22-17(3)14-15-29-22/h6-16H,4-5H2,1-3H3. The van der Waals surface area contributed by atoms with Gasteiger partial charge in [0.2, 0.25) is 0 Å². The molecule has 1 aliphatic heterocycles. The Morgan fingerprint density at radius 3 is 2.37 bits per heavy atom. The SMILES string of the molecule is CCc1ccccc1N=C1SC(=Cc2sccc2C)C(=O)N1c1ccccc1CC. The number of hydrogen-bond acceptors (Lipinski definition) is 4. The predicted octanol–water partition coefficient (Wildman–Crippen LogP) is 6.99. The van der Waals surface area contributed by atoms with Crippen molar-refractivity contribution in [2.45, 2.75) is 33.6 Å². The van der Waals surface area contributed by atoms with Crippen LogP contribution in [-0.2, 0) is 17.6 Å².